The molecule has 0 aliphatic rings. The molecule has 0 unspecified atom stereocenters. The third-order valence-electron chi connectivity index (χ3n) is 12.2. The summed E-state index contributed by atoms with van der Waals surface area (Å²) in [4.78, 5) is 2.39. The summed E-state index contributed by atoms with van der Waals surface area (Å²) in [7, 11) is 0. The van der Waals surface area contributed by atoms with Crippen molar-refractivity contribution in [2.45, 2.75) is 0 Å². The second-order valence-corrected chi connectivity index (χ2v) is 15.7. The number of rotatable bonds is 7. The number of aromatic nitrogens is 1. The zero-order valence-electron chi connectivity index (χ0n) is 33.2. The maximum Gasteiger partial charge on any atom is 0.136 e. The van der Waals surface area contributed by atoms with Crippen molar-refractivity contribution in [2.24, 2.45) is 0 Å². The number of hydrogen-bond donors (Lipinski definition) is 0. The fourth-order valence-corrected chi connectivity index (χ4v) is 9.29. The molecule has 3 nitrogen and oxygen atoms in total. The van der Waals surface area contributed by atoms with Crippen LogP contribution >= 0.6 is 0 Å². The van der Waals surface area contributed by atoms with Gasteiger partial charge < -0.3 is 13.9 Å². The van der Waals surface area contributed by atoms with Gasteiger partial charge in [-0.3, -0.25) is 0 Å². The molecule has 10 aromatic carbocycles. The van der Waals surface area contributed by atoms with Gasteiger partial charge in [0.15, 0.2) is 0 Å². The summed E-state index contributed by atoms with van der Waals surface area (Å²) >= 11 is 0. The highest BCUT2D eigenvalue weighted by Gasteiger charge is 2.20. The molecule has 0 fully saturated rings. The van der Waals surface area contributed by atoms with Crippen molar-refractivity contribution in [1.82, 2.24) is 4.57 Å². The molecule has 61 heavy (non-hydrogen) atoms. The van der Waals surface area contributed by atoms with Gasteiger partial charge in [0.2, 0.25) is 0 Å². The minimum Gasteiger partial charge on any atom is -0.456 e. The van der Waals surface area contributed by atoms with E-state index in [0.29, 0.717) is 0 Å². The van der Waals surface area contributed by atoms with Crippen molar-refractivity contribution in [3.63, 3.8) is 0 Å². The Labute approximate surface area is 353 Å². The highest BCUT2D eigenvalue weighted by atomic mass is 16.3. The van der Waals surface area contributed by atoms with Crippen LogP contribution in [0.1, 0.15) is 0 Å². The van der Waals surface area contributed by atoms with Crippen molar-refractivity contribution in [2.75, 3.05) is 4.90 Å². The quantitative estimate of drug-likeness (QED) is 0.161. The summed E-state index contributed by atoms with van der Waals surface area (Å²) in [5.41, 5.74) is 15.6. The number of hydrogen-bond acceptors (Lipinski definition) is 2. The molecule has 0 radical (unpaired) electrons. The lowest BCUT2D eigenvalue weighted by molar-refractivity contribution is 0.669. The first-order valence-electron chi connectivity index (χ1n) is 20.8. The van der Waals surface area contributed by atoms with Gasteiger partial charge in [0.1, 0.15) is 11.2 Å². The predicted molar refractivity (Wildman–Crippen MR) is 257 cm³/mol. The molecular formula is C58H38N2O. The predicted octanol–water partition coefficient (Wildman–Crippen LogP) is 16.3. The Morgan fingerprint density at radius 1 is 0.328 bits per heavy atom. The molecule has 0 bridgehead atoms. The SMILES string of the molecule is c1ccc(-c2ccc(N(c3ccc(-c4ccccc4-n4c5ccccc5c5ccccc54)cc3)c3ccccc3-c3ccc4cc5oc6ccccc6c5cc4c3)cc2)cc1. The molecule has 0 spiro atoms. The first-order chi connectivity index (χ1) is 30.2. The topological polar surface area (TPSA) is 21.3 Å². The maximum absolute atomic E-state index is 6.25. The van der Waals surface area contributed by atoms with E-state index in [1.54, 1.807) is 0 Å². The van der Waals surface area contributed by atoms with E-state index in [4.69, 9.17) is 4.42 Å². The maximum atomic E-state index is 6.25. The fraction of sp³-hybridized carbons (Fsp3) is 0. The average molecular weight is 779 g/mol. The number of anilines is 3. The summed E-state index contributed by atoms with van der Waals surface area (Å²) in [6.45, 7) is 0. The van der Waals surface area contributed by atoms with Gasteiger partial charge in [-0.05, 0) is 106 Å². The zero-order chi connectivity index (χ0) is 40.3. The minimum absolute atomic E-state index is 0.910. The lowest BCUT2D eigenvalue weighted by Crippen LogP contribution is -2.11. The van der Waals surface area contributed by atoms with Crippen LogP contribution in [-0.4, -0.2) is 4.57 Å². The first kappa shape index (κ1) is 34.9. The van der Waals surface area contributed by atoms with E-state index in [0.717, 1.165) is 66.8 Å². The fourth-order valence-electron chi connectivity index (χ4n) is 9.29. The molecule has 0 amide bonds. The Bertz CT molecular complexity index is 3520. The Kier molecular flexibility index (Phi) is 8.17. The Morgan fingerprint density at radius 2 is 0.885 bits per heavy atom. The number of nitrogens with zero attached hydrogens (tertiary/aromatic N) is 2. The van der Waals surface area contributed by atoms with Crippen LogP contribution < -0.4 is 4.90 Å². The summed E-state index contributed by atoms with van der Waals surface area (Å²) in [6.07, 6.45) is 0. The molecule has 0 atom stereocenters. The molecule has 286 valence electrons. The Balaban J connectivity index is 0.994. The summed E-state index contributed by atoms with van der Waals surface area (Å²) in [6, 6.07) is 83.0. The Morgan fingerprint density at radius 3 is 1.62 bits per heavy atom. The Hall–Kier alpha value is -8.14. The van der Waals surface area contributed by atoms with E-state index in [1.165, 1.54) is 43.9 Å². The van der Waals surface area contributed by atoms with Crippen molar-refractivity contribution < 1.29 is 4.42 Å². The van der Waals surface area contributed by atoms with Crippen LogP contribution in [0.3, 0.4) is 0 Å². The smallest absolute Gasteiger partial charge is 0.136 e. The average Bonchev–Trinajstić information content (AvgIpc) is 3.87. The minimum atomic E-state index is 0.910. The van der Waals surface area contributed by atoms with Crippen LogP contribution in [-0.2, 0) is 0 Å². The van der Waals surface area contributed by atoms with Gasteiger partial charge >= 0.3 is 0 Å². The number of fused-ring (bicyclic) bond motifs is 7. The van der Waals surface area contributed by atoms with Gasteiger partial charge in [0.05, 0.1) is 22.4 Å². The van der Waals surface area contributed by atoms with Crippen molar-refractivity contribution >= 4 is 71.6 Å². The first-order valence-corrected chi connectivity index (χ1v) is 20.8. The van der Waals surface area contributed by atoms with E-state index in [2.05, 4.69) is 228 Å². The normalized spacial score (nSPS) is 11.6. The highest BCUT2D eigenvalue weighted by molar-refractivity contribution is 6.11. The molecule has 0 saturated heterocycles. The molecule has 12 rings (SSSR count). The molecule has 0 N–H and O–H groups in total. The second kappa shape index (κ2) is 14.3. The lowest BCUT2D eigenvalue weighted by atomic mass is 9.97. The van der Waals surface area contributed by atoms with Gasteiger partial charge in [0.25, 0.3) is 0 Å². The van der Waals surface area contributed by atoms with Crippen LogP contribution in [0.4, 0.5) is 17.1 Å². The summed E-state index contributed by atoms with van der Waals surface area (Å²) in [5.74, 6) is 0. The van der Waals surface area contributed by atoms with Gasteiger partial charge in [0, 0.05) is 44.0 Å². The van der Waals surface area contributed by atoms with E-state index >= 15 is 0 Å². The van der Waals surface area contributed by atoms with Crippen LogP contribution in [0.2, 0.25) is 0 Å². The number of furan rings is 1. The molecule has 2 heterocycles. The van der Waals surface area contributed by atoms with Crippen LogP contribution in [0.5, 0.6) is 0 Å². The molecule has 2 aromatic heterocycles. The van der Waals surface area contributed by atoms with E-state index in [9.17, 15) is 0 Å². The van der Waals surface area contributed by atoms with Gasteiger partial charge in [-0.15, -0.1) is 0 Å². The zero-order valence-corrected chi connectivity index (χ0v) is 33.2. The van der Waals surface area contributed by atoms with E-state index < -0.39 is 0 Å². The van der Waals surface area contributed by atoms with Gasteiger partial charge in [-0.25, -0.2) is 0 Å². The van der Waals surface area contributed by atoms with Crippen LogP contribution in [0.15, 0.2) is 235 Å². The molecular weight excluding hydrogens is 741 g/mol. The van der Waals surface area contributed by atoms with Crippen molar-refractivity contribution in [3.8, 4) is 39.1 Å². The van der Waals surface area contributed by atoms with Crippen LogP contribution in [0, 0.1) is 0 Å². The molecule has 0 aliphatic carbocycles. The van der Waals surface area contributed by atoms with Crippen LogP contribution in [0.25, 0.3) is 93.6 Å². The van der Waals surface area contributed by atoms with Gasteiger partial charge in [-0.2, -0.15) is 0 Å². The second-order valence-electron chi connectivity index (χ2n) is 15.7. The molecule has 0 saturated carbocycles. The van der Waals surface area contributed by atoms with Gasteiger partial charge in [-0.1, -0.05) is 158 Å². The standard InChI is InChI=1S/C58H38N2O/c1-2-14-39(15-3-1)40-28-32-45(33-29-40)59(53-21-9-5-17-48(53)43-27-26-42-38-58-52(37-44(42)36-43)51-20-8-13-25-57(51)61-58)46-34-30-41(31-35-46)47-16-4-10-22-54(47)60-55-23-11-6-18-49(55)50-19-7-12-24-56(50)60/h1-38H. The third kappa shape index (κ3) is 5.90. The third-order valence-corrected chi connectivity index (χ3v) is 12.2. The van der Waals surface area contributed by atoms with Crippen molar-refractivity contribution in [3.05, 3.63) is 231 Å². The lowest BCUT2D eigenvalue weighted by Gasteiger charge is -2.28. The van der Waals surface area contributed by atoms with E-state index in [1.807, 2.05) is 12.1 Å². The summed E-state index contributed by atoms with van der Waals surface area (Å²) in [5, 5.41) is 7.11. The summed E-state index contributed by atoms with van der Waals surface area (Å²) < 4.78 is 8.66. The largest absolute Gasteiger partial charge is 0.456 e. The number of benzene rings is 10. The monoisotopic (exact) mass is 778 g/mol. The van der Waals surface area contributed by atoms with E-state index in [-0.39, 0.29) is 0 Å². The molecule has 0 aliphatic heterocycles. The molecule has 12 aromatic rings. The highest BCUT2D eigenvalue weighted by Crippen LogP contribution is 2.44. The number of para-hydroxylation sites is 5. The molecule has 3 heteroatoms. The van der Waals surface area contributed by atoms with Crippen molar-refractivity contribution in [1.29, 1.82) is 0 Å².